The first-order valence-corrected chi connectivity index (χ1v) is 6.11. The second-order valence-corrected chi connectivity index (χ2v) is 5.51. The zero-order valence-electron chi connectivity index (χ0n) is 11.6. The van der Waals surface area contributed by atoms with Gasteiger partial charge in [0.1, 0.15) is 0 Å². The number of rotatable bonds is 4. The zero-order valence-corrected chi connectivity index (χ0v) is 11.6. The molecular formula is C15H25N. The molecule has 16 heavy (non-hydrogen) atoms. The van der Waals surface area contributed by atoms with E-state index in [2.05, 4.69) is 52.1 Å². The van der Waals surface area contributed by atoms with Crippen molar-refractivity contribution in [3.8, 4) is 0 Å². The maximum Gasteiger partial charge on any atom is 0.0125 e. The lowest BCUT2D eigenvalue weighted by Crippen LogP contribution is -2.36. The molecule has 1 heteroatoms. The van der Waals surface area contributed by atoms with Crippen LogP contribution in [0.4, 0.5) is 0 Å². The van der Waals surface area contributed by atoms with Gasteiger partial charge >= 0.3 is 0 Å². The number of benzene rings is 1. The van der Waals surface area contributed by atoms with Crippen molar-refractivity contribution in [2.75, 3.05) is 7.05 Å². The van der Waals surface area contributed by atoms with Gasteiger partial charge in [0, 0.05) is 5.54 Å². The van der Waals surface area contributed by atoms with E-state index in [-0.39, 0.29) is 5.54 Å². The lowest BCUT2D eigenvalue weighted by Gasteiger charge is -2.25. The number of aryl methyl sites for hydroxylation is 3. The van der Waals surface area contributed by atoms with Crippen LogP contribution in [0.3, 0.4) is 0 Å². The normalized spacial score (nSPS) is 11.9. The summed E-state index contributed by atoms with van der Waals surface area (Å²) < 4.78 is 0. The summed E-state index contributed by atoms with van der Waals surface area (Å²) in [4.78, 5) is 0. The molecule has 0 fully saturated rings. The van der Waals surface area contributed by atoms with Gasteiger partial charge in [0.15, 0.2) is 0 Å². The molecule has 0 radical (unpaired) electrons. The standard InChI is InChI=1S/C15H25N/c1-11-9-12(2)14(13(3)10-11)7-8-15(4,5)16-6/h9-10,16H,7-8H2,1-6H3. The third-order valence-corrected chi connectivity index (χ3v) is 3.52. The van der Waals surface area contributed by atoms with Crippen molar-refractivity contribution in [2.24, 2.45) is 0 Å². The van der Waals surface area contributed by atoms with Crippen LogP contribution < -0.4 is 5.32 Å². The summed E-state index contributed by atoms with van der Waals surface area (Å²) in [5, 5.41) is 3.36. The third kappa shape index (κ3) is 3.34. The number of nitrogens with one attached hydrogen (secondary N) is 1. The molecule has 0 amide bonds. The molecule has 1 aromatic carbocycles. The van der Waals surface area contributed by atoms with Crippen molar-refractivity contribution < 1.29 is 0 Å². The van der Waals surface area contributed by atoms with Gasteiger partial charge in [0.2, 0.25) is 0 Å². The minimum atomic E-state index is 0.226. The van der Waals surface area contributed by atoms with E-state index in [0.29, 0.717) is 0 Å². The highest BCUT2D eigenvalue weighted by Crippen LogP contribution is 2.20. The van der Waals surface area contributed by atoms with Crippen LogP contribution in [0.25, 0.3) is 0 Å². The Kier molecular flexibility index (Phi) is 4.15. The van der Waals surface area contributed by atoms with E-state index in [1.165, 1.54) is 28.7 Å². The van der Waals surface area contributed by atoms with E-state index >= 15 is 0 Å². The van der Waals surface area contributed by atoms with Crippen molar-refractivity contribution in [2.45, 2.75) is 53.0 Å². The Morgan fingerprint density at radius 3 is 2.00 bits per heavy atom. The maximum atomic E-state index is 3.36. The summed E-state index contributed by atoms with van der Waals surface area (Å²) in [5.41, 5.74) is 5.98. The van der Waals surface area contributed by atoms with Crippen LogP contribution in [-0.2, 0) is 6.42 Å². The van der Waals surface area contributed by atoms with Crippen LogP contribution in [0.5, 0.6) is 0 Å². The van der Waals surface area contributed by atoms with Gasteiger partial charge in [-0.05, 0) is 71.2 Å². The Balaban J connectivity index is 2.82. The minimum absolute atomic E-state index is 0.226. The Bertz CT molecular complexity index is 341. The Labute approximate surface area is 100 Å². The molecule has 0 atom stereocenters. The summed E-state index contributed by atoms with van der Waals surface area (Å²) in [6, 6.07) is 4.57. The molecule has 0 spiro atoms. The molecule has 0 bridgehead atoms. The van der Waals surface area contributed by atoms with Gasteiger partial charge in [0.05, 0.1) is 0 Å². The van der Waals surface area contributed by atoms with Crippen molar-refractivity contribution in [3.05, 3.63) is 34.4 Å². The van der Waals surface area contributed by atoms with E-state index in [0.717, 1.165) is 6.42 Å². The molecule has 1 aromatic rings. The molecule has 0 unspecified atom stereocenters. The van der Waals surface area contributed by atoms with Crippen molar-refractivity contribution in [1.29, 1.82) is 0 Å². The molecule has 0 heterocycles. The predicted molar refractivity (Wildman–Crippen MR) is 72.1 cm³/mol. The fraction of sp³-hybridized carbons (Fsp3) is 0.600. The van der Waals surface area contributed by atoms with Crippen molar-refractivity contribution in [1.82, 2.24) is 5.32 Å². The molecule has 90 valence electrons. The molecule has 0 aliphatic carbocycles. The van der Waals surface area contributed by atoms with Crippen LogP contribution in [0.15, 0.2) is 12.1 Å². The van der Waals surface area contributed by atoms with Crippen LogP contribution in [-0.4, -0.2) is 12.6 Å². The third-order valence-electron chi connectivity index (χ3n) is 3.52. The van der Waals surface area contributed by atoms with Gasteiger partial charge in [-0.25, -0.2) is 0 Å². The van der Waals surface area contributed by atoms with Crippen molar-refractivity contribution >= 4 is 0 Å². The van der Waals surface area contributed by atoms with Gasteiger partial charge in [0.25, 0.3) is 0 Å². The van der Waals surface area contributed by atoms with E-state index < -0.39 is 0 Å². The molecule has 1 N–H and O–H groups in total. The molecular weight excluding hydrogens is 194 g/mol. The lowest BCUT2D eigenvalue weighted by atomic mass is 9.90. The number of hydrogen-bond acceptors (Lipinski definition) is 1. The molecule has 0 aliphatic rings. The summed E-state index contributed by atoms with van der Waals surface area (Å²) in [5.74, 6) is 0. The van der Waals surface area contributed by atoms with Crippen LogP contribution in [0, 0.1) is 20.8 Å². The quantitative estimate of drug-likeness (QED) is 0.816. The van der Waals surface area contributed by atoms with Gasteiger partial charge in [-0.3, -0.25) is 0 Å². The zero-order chi connectivity index (χ0) is 12.3. The van der Waals surface area contributed by atoms with E-state index in [4.69, 9.17) is 0 Å². The summed E-state index contributed by atoms with van der Waals surface area (Å²) >= 11 is 0. The Morgan fingerprint density at radius 2 is 1.56 bits per heavy atom. The first kappa shape index (κ1) is 13.2. The maximum absolute atomic E-state index is 3.36. The SMILES string of the molecule is CNC(C)(C)CCc1c(C)cc(C)cc1C. The van der Waals surface area contributed by atoms with Crippen LogP contribution in [0.2, 0.25) is 0 Å². The second kappa shape index (κ2) is 5.01. The Hall–Kier alpha value is -0.820. The number of hydrogen-bond donors (Lipinski definition) is 1. The highest BCUT2D eigenvalue weighted by atomic mass is 14.9. The highest BCUT2D eigenvalue weighted by Gasteiger charge is 2.15. The predicted octanol–water partition coefficient (Wildman–Crippen LogP) is 3.54. The molecule has 1 nitrogen and oxygen atoms in total. The fourth-order valence-corrected chi connectivity index (χ4v) is 2.17. The van der Waals surface area contributed by atoms with Gasteiger partial charge in [-0.15, -0.1) is 0 Å². The summed E-state index contributed by atoms with van der Waals surface area (Å²) in [7, 11) is 2.04. The first-order valence-electron chi connectivity index (χ1n) is 6.11. The average molecular weight is 219 g/mol. The van der Waals surface area contributed by atoms with E-state index in [9.17, 15) is 0 Å². The molecule has 0 aromatic heterocycles. The monoisotopic (exact) mass is 219 g/mol. The highest BCUT2D eigenvalue weighted by molar-refractivity contribution is 5.37. The molecule has 1 rings (SSSR count). The largest absolute Gasteiger partial charge is 0.315 e. The van der Waals surface area contributed by atoms with Crippen molar-refractivity contribution in [3.63, 3.8) is 0 Å². The molecule has 0 saturated heterocycles. The molecule has 0 saturated carbocycles. The minimum Gasteiger partial charge on any atom is -0.315 e. The average Bonchev–Trinajstić information content (AvgIpc) is 2.16. The Morgan fingerprint density at radius 1 is 1.06 bits per heavy atom. The summed E-state index contributed by atoms with van der Waals surface area (Å²) in [6.45, 7) is 11.1. The van der Waals surface area contributed by atoms with Gasteiger partial charge in [-0.1, -0.05) is 17.7 Å². The fourth-order valence-electron chi connectivity index (χ4n) is 2.17. The van der Waals surface area contributed by atoms with E-state index in [1.54, 1.807) is 0 Å². The first-order chi connectivity index (χ1) is 7.35. The van der Waals surface area contributed by atoms with Gasteiger partial charge in [-0.2, -0.15) is 0 Å². The second-order valence-electron chi connectivity index (χ2n) is 5.51. The topological polar surface area (TPSA) is 12.0 Å². The molecule has 0 aliphatic heterocycles. The van der Waals surface area contributed by atoms with Crippen LogP contribution in [0.1, 0.15) is 42.5 Å². The van der Waals surface area contributed by atoms with Gasteiger partial charge < -0.3 is 5.32 Å². The van der Waals surface area contributed by atoms with E-state index in [1.807, 2.05) is 7.05 Å². The van der Waals surface area contributed by atoms with Crippen LogP contribution >= 0.6 is 0 Å². The summed E-state index contributed by atoms with van der Waals surface area (Å²) in [6.07, 6.45) is 2.33. The lowest BCUT2D eigenvalue weighted by molar-refractivity contribution is 0.393. The smallest absolute Gasteiger partial charge is 0.0125 e.